The first-order valence-electron chi connectivity index (χ1n) is 12.1. The summed E-state index contributed by atoms with van der Waals surface area (Å²) in [4.78, 5) is 17.1. The molecule has 0 radical (unpaired) electrons. The van der Waals surface area contributed by atoms with Crippen molar-refractivity contribution in [2.24, 2.45) is 0 Å². The molecule has 2 aliphatic rings. The second-order valence-electron chi connectivity index (χ2n) is 8.97. The molecule has 2 aliphatic heterocycles. The van der Waals surface area contributed by atoms with Gasteiger partial charge in [-0.15, -0.1) is 10.2 Å². The standard InChI is InChI=1S/C26H31N5O3S/c1-29(16-21-18-33-22-12-6-7-13-23(22)34-21)25(32)19-35-26-28-27-24(17-30-14-8-3-9-15-30)31(26)20-10-4-2-5-11-20/h2,4-7,10-13,21H,3,8-9,14-19H2,1H3/t21-/m1/s1. The molecule has 35 heavy (non-hydrogen) atoms. The Kier molecular flexibility index (Phi) is 7.54. The number of nitrogens with zero attached hydrogens (tertiary/aromatic N) is 5. The summed E-state index contributed by atoms with van der Waals surface area (Å²) in [7, 11) is 1.80. The van der Waals surface area contributed by atoms with Gasteiger partial charge in [0.1, 0.15) is 6.61 Å². The predicted octanol–water partition coefficient (Wildman–Crippen LogP) is 3.64. The van der Waals surface area contributed by atoms with Gasteiger partial charge < -0.3 is 14.4 Å². The minimum Gasteiger partial charge on any atom is -0.486 e. The number of amides is 1. The highest BCUT2D eigenvalue weighted by molar-refractivity contribution is 7.99. The number of aromatic nitrogens is 3. The van der Waals surface area contributed by atoms with Gasteiger partial charge in [0.05, 0.1) is 18.8 Å². The molecule has 0 spiro atoms. The van der Waals surface area contributed by atoms with Gasteiger partial charge in [-0.3, -0.25) is 14.3 Å². The summed E-state index contributed by atoms with van der Waals surface area (Å²) in [5.74, 6) is 2.66. The lowest BCUT2D eigenvalue weighted by Gasteiger charge is -2.29. The van der Waals surface area contributed by atoms with Gasteiger partial charge >= 0.3 is 0 Å². The van der Waals surface area contributed by atoms with Crippen molar-refractivity contribution in [3.05, 3.63) is 60.4 Å². The fourth-order valence-electron chi connectivity index (χ4n) is 4.45. The zero-order valence-electron chi connectivity index (χ0n) is 20.0. The number of thioether (sulfide) groups is 1. The number of likely N-dealkylation sites (tertiary alicyclic amines) is 1. The van der Waals surface area contributed by atoms with Crippen LogP contribution in [0, 0.1) is 0 Å². The lowest BCUT2D eigenvalue weighted by atomic mass is 10.1. The smallest absolute Gasteiger partial charge is 0.232 e. The summed E-state index contributed by atoms with van der Waals surface area (Å²) in [6.07, 6.45) is 3.54. The first-order valence-corrected chi connectivity index (χ1v) is 13.1. The van der Waals surface area contributed by atoms with Crippen LogP contribution in [0.5, 0.6) is 11.5 Å². The van der Waals surface area contributed by atoms with E-state index in [1.54, 1.807) is 11.9 Å². The van der Waals surface area contributed by atoms with Crippen LogP contribution >= 0.6 is 11.8 Å². The van der Waals surface area contributed by atoms with E-state index in [2.05, 4.69) is 31.8 Å². The first-order chi connectivity index (χ1) is 17.2. The van der Waals surface area contributed by atoms with Gasteiger partial charge in [0.25, 0.3) is 0 Å². The van der Waals surface area contributed by atoms with Crippen LogP contribution in [-0.2, 0) is 11.3 Å². The van der Waals surface area contributed by atoms with E-state index < -0.39 is 0 Å². The molecule has 0 unspecified atom stereocenters. The summed E-state index contributed by atoms with van der Waals surface area (Å²) < 4.78 is 13.9. The fourth-order valence-corrected chi connectivity index (χ4v) is 5.36. The van der Waals surface area contributed by atoms with Crippen LogP contribution in [0.15, 0.2) is 59.8 Å². The number of benzene rings is 2. The van der Waals surface area contributed by atoms with Crippen molar-refractivity contribution in [3.63, 3.8) is 0 Å². The fraction of sp³-hybridized carbons (Fsp3) is 0.423. The molecule has 3 aromatic rings. The number of ether oxygens (including phenoxy) is 2. The molecular formula is C26H31N5O3S. The SMILES string of the molecule is CN(C[C@@H]1COc2ccccc2O1)C(=O)CSc1nnc(CN2CCCCC2)n1-c1ccccc1. The second kappa shape index (κ2) is 11.1. The highest BCUT2D eigenvalue weighted by Crippen LogP contribution is 2.31. The van der Waals surface area contributed by atoms with Crippen molar-refractivity contribution < 1.29 is 14.3 Å². The number of fused-ring (bicyclic) bond motifs is 1. The lowest BCUT2D eigenvalue weighted by Crippen LogP contribution is -2.42. The molecule has 184 valence electrons. The second-order valence-corrected chi connectivity index (χ2v) is 9.91. The van der Waals surface area contributed by atoms with Crippen LogP contribution < -0.4 is 9.47 Å². The average molecular weight is 494 g/mol. The Hall–Kier alpha value is -3.04. The molecule has 0 saturated carbocycles. The van der Waals surface area contributed by atoms with E-state index in [0.717, 1.165) is 47.8 Å². The van der Waals surface area contributed by atoms with Crippen molar-refractivity contribution in [1.82, 2.24) is 24.6 Å². The molecule has 8 nitrogen and oxygen atoms in total. The normalized spacial score (nSPS) is 17.8. The van der Waals surface area contributed by atoms with Crippen molar-refractivity contribution in [3.8, 4) is 17.2 Å². The molecule has 1 saturated heterocycles. The van der Waals surface area contributed by atoms with E-state index in [1.807, 2.05) is 42.5 Å². The van der Waals surface area contributed by atoms with E-state index in [-0.39, 0.29) is 17.8 Å². The van der Waals surface area contributed by atoms with Gasteiger partial charge in [0.2, 0.25) is 5.91 Å². The minimum atomic E-state index is -0.201. The lowest BCUT2D eigenvalue weighted by molar-refractivity contribution is -0.128. The van der Waals surface area contributed by atoms with Crippen LogP contribution in [0.25, 0.3) is 5.69 Å². The Balaban J connectivity index is 1.23. The molecule has 1 aromatic heterocycles. The molecule has 0 aliphatic carbocycles. The molecule has 1 amide bonds. The summed E-state index contributed by atoms with van der Waals surface area (Å²) >= 11 is 1.42. The van der Waals surface area contributed by atoms with E-state index in [9.17, 15) is 4.79 Å². The molecule has 2 aromatic carbocycles. The van der Waals surface area contributed by atoms with Gasteiger partial charge in [0, 0.05) is 12.7 Å². The average Bonchev–Trinajstić information content (AvgIpc) is 3.30. The predicted molar refractivity (Wildman–Crippen MR) is 135 cm³/mol. The van der Waals surface area contributed by atoms with E-state index in [1.165, 1.54) is 31.0 Å². The maximum absolute atomic E-state index is 13.0. The number of para-hydroxylation sites is 3. The van der Waals surface area contributed by atoms with Gasteiger partial charge in [0.15, 0.2) is 28.6 Å². The molecule has 0 bridgehead atoms. The van der Waals surface area contributed by atoms with Crippen LogP contribution in [0.1, 0.15) is 25.1 Å². The van der Waals surface area contributed by atoms with Crippen molar-refractivity contribution in [2.75, 3.05) is 39.0 Å². The number of rotatable bonds is 8. The topological polar surface area (TPSA) is 72.7 Å². The van der Waals surface area contributed by atoms with Crippen LogP contribution in [0.4, 0.5) is 0 Å². The third-order valence-electron chi connectivity index (χ3n) is 6.32. The number of hydrogen-bond donors (Lipinski definition) is 0. The first kappa shape index (κ1) is 23.7. The zero-order valence-corrected chi connectivity index (χ0v) is 20.8. The molecule has 3 heterocycles. The van der Waals surface area contributed by atoms with E-state index in [4.69, 9.17) is 9.47 Å². The number of carbonyl (C=O) groups is 1. The van der Waals surface area contributed by atoms with Crippen LogP contribution in [-0.4, -0.2) is 75.6 Å². The number of likely N-dealkylation sites (N-methyl/N-ethyl adjacent to an activating group) is 1. The number of piperidine rings is 1. The van der Waals surface area contributed by atoms with Crippen molar-refractivity contribution in [1.29, 1.82) is 0 Å². The molecule has 0 N–H and O–H groups in total. The highest BCUT2D eigenvalue weighted by Gasteiger charge is 2.25. The Bertz CT molecular complexity index is 1130. The monoisotopic (exact) mass is 493 g/mol. The van der Waals surface area contributed by atoms with E-state index in [0.29, 0.717) is 13.2 Å². The van der Waals surface area contributed by atoms with E-state index >= 15 is 0 Å². The van der Waals surface area contributed by atoms with Crippen molar-refractivity contribution in [2.45, 2.75) is 37.1 Å². The Morgan fingerprint density at radius 1 is 1.03 bits per heavy atom. The number of hydrogen-bond acceptors (Lipinski definition) is 7. The molecule has 1 atom stereocenters. The van der Waals surface area contributed by atoms with Gasteiger partial charge in [-0.05, 0) is 50.2 Å². The minimum absolute atomic E-state index is 0.0117. The summed E-state index contributed by atoms with van der Waals surface area (Å²) in [6, 6.07) is 17.7. The Morgan fingerprint density at radius 2 is 1.77 bits per heavy atom. The van der Waals surface area contributed by atoms with Crippen LogP contribution in [0.2, 0.25) is 0 Å². The van der Waals surface area contributed by atoms with Crippen molar-refractivity contribution >= 4 is 17.7 Å². The van der Waals surface area contributed by atoms with Gasteiger partial charge in [-0.25, -0.2) is 0 Å². The third-order valence-corrected chi connectivity index (χ3v) is 7.24. The summed E-state index contributed by atoms with van der Waals surface area (Å²) in [5.41, 5.74) is 1.01. The summed E-state index contributed by atoms with van der Waals surface area (Å²) in [5, 5.41) is 9.71. The highest BCUT2D eigenvalue weighted by atomic mass is 32.2. The Morgan fingerprint density at radius 3 is 2.57 bits per heavy atom. The maximum Gasteiger partial charge on any atom is 0.232 e. The third kappa shape index (κ3) is 5.79. The maximum atomic E-state index is 13.0. The van der Waals surface area contributed by atoms with Gasteiger partial charge in [-0.2, -0.15) is 0 Å². The quantitative estimate of drug-likeness (QED) is 0.444. The molecule has 1 fully saturated rings. The molecule has 9 heteroatoms. The molecular weight excluding hydrogens is 462 g/mol. The van der Waals surface area contributed by atoms with Gasteiger partial charge in [-0.1, -0.05) is 48.5 Å². The summed E-state index contributed by atoms with van der Waals surface area (Å²) in [6.45, 7) is 3.82. The zero-order chi connectivity index (χ0) is 24.0. The van der Waals surface area contributed by atoms with Crippen LogP contribution in [0.3, 0.4) is 0 Å². The number of carbonyl (C=O) groups excluding carboxylic acids is 1. The Labute approximate surface area is 210 Å². The molecule has 5 rings (SSSR count). The largest absolute Gasteiger partial charge is 0.486 e.